The molecule has 0 heterocycles. The zero-order valence-corrected chi connectivity index (χ0v) is 42.4. The molecule has 1 unspecified atom stereocenters. The number of ether oxygens (including phenoxy) is 3. The highest BCUT2D eigenvalue weighted by atomic mass is 16.6. The maximum absolute atomic E-state index is 12.8. The average Bonchev–Trinajstić information content (AvgIpc) is 3.31. The lowest BCUT2D eigenvalue weighted by Crippen LogP contribution is -2.30. The number of esters is 3. The van der Waals surface area contributed by atoms with Gasteiger partial charge in [-0.05, 0) is 83.5 Å². The van der Waals surface area contributed by atoms with Crippen molar-refractivity contribution in [3.63, 3.8) is 0 Å². The van der Waals surface area contributed by atoms with Crippen LogP contribution in [0, 0.1) is 0 Å². The summed E-state index contributed by atoms with van der Waals surface area (Å²) in [6, 6.07) is 0. The topological polar surface area (TPSA) is 78.9 Å². The SMILES string of the molecule is CC/C=C\C/C=C\C/C=C\C/C=C\C/C=C\C/C=C\CCC(=O)OCC(COC(=O)CC/C=C\C/C=C\C/C=C\C/C=C\CC)OC(=O)CCCCCCCCCCCCCCCCCC. The first-order valence-corrected chi connectivity index (χ1v) is 26.5. The molecule has 6 heteroatoms. The van der Waals surface area contributed by atoms with Gasteiger partial charge in [0.25, 0.3) is 0 Å². The number of hydrogen-bond donors (Lipinski definition) is 0. The van der Waals surface area contributed by atoms with Crippen LogP contribution in [-0.2, 0) is 28.6 Å². The van der Waals surface area contributed by atoms with E-state index in [9.17, 15) is 14.4 Å². The Hall–Kier alpha value is -4.19. The number of rotatable bonds is 46. The van der Waals surface area contributed by atoms with Gasteiger partial charge in [0.15, 0.2) is 6.10 Å². The molecule has 0 N–H and O–H groups in total. The van der Waals surface area contributed by atoms with Gasteiger partial charge in [-0.15, -0.1) is 0 Å². The van der Waals surface area contributed by atoms with Crippen LogP contribution >= 0.6 is 0 Å². The molecule has 0 aromatic rings. The maximum atomic E-state index is 12.8. The van der Waals surface area contributed by atoms with Crippen molar-refractivity contribution in [1.82, 2.24) is 0 Å². The lowest BCUT2D eigenvalue weighted by molar-refractivity contribution is -0.166. The Morgan fingerprint density at radius 2 is 0.591 bits per heavy atom. The molecule has 0 amide bonds. The van der Waals surface area contributed by atoms with Crippen molar-refractivity contribution < 1.29 is 28.6 Å². The van der Waals surface area contributed by atoms with Gasteiger partial charge in [0.05, 0.1) is 0 Å². The van der Waals surface area contributed by atoms with Gasteiger partial charge in [-0.2, -0.15) is 0 Å². The van der Waals surface area contributed by atoms with E-state index in [0.29, 0.717) is 19.3 Å². The summed E-state index contributed by atoms with van der Waals surface area (Å²) < 4.78 is 16.7. The van der Waals surface area contributed by atoms with Crippen LogP contribution in [0.3, 0.4) is 0 Å². The Bertz CT molecular complexity index is 1420. The standard InChI is InChI=1S/C60H96O6/c1-4-7-10-13-16-19-22-25-27-29-30-31-33-35-38-41-44-47-50-53-59(62)65-56-57(55-64-58(61)52-49-46-43-40-37-34-24-21-18-15-12-9-6-3)66-60(63)54-51-48-45-42-39-36-32-28-26-23-20-17-14-11-8-5-2/h7,9-10,12,16,18-19,21,25,27,30-31,34-35,37-38,43-44,46-47,57H,4-6,8,11,13-15,17,20,22-24,26,28-29,32-33,36,39-42,45,48-56H2,1-3H3/b10-7-,12-9-,19-16-,21-18-,27-25-,31-30-,37-34-,38-35-,46-43-,47-44-. The number of carbonyl (C=O) groups excluding carboxylic acids is 3. The second kappa shape index (κ2) is 53.4. The molecule has 0 bridgehead atoms. The summed E-state index contributed by atoms with van der Waals surface area (Å²) in [4.78, 5) is 38.0. The highest BCUT2D eigenvalue weighted by Crippen LogP contribution is 2.15. The largest absolute Gasteiger partial charge is 0.462 e. The van der Waals surface area contributed by atoms with E-state index in [1.165, 1.54) is 83.5 Å². The van der Waals surface area contributed by atoms with Crippen LogP contribution in [-0.4, -0.2) is 37.2 Å². The minimum atomic E-state index is -0.838. The van der Waals surface area contributed by atoms with E-state index >= 15 is 0 Å². The minimum Gasteiger partial charge on any atom is -0.462 e. The quantitative estimate of drug-likeness (QED) is 0.0262. The summed E-state index contributed by atoms with van der Waals surface area (Å²) in [6.45, 7) is 6.27. The molecule has 0 spiro atoms. The molecule has 0 aromatic carbocycles. The lowest BCUT2D eigenvalue weighted by Gasteiger charge is -2.18. The van der Waals surface area contributed by atoms with E-state index in [2.05, 4.69) is 118 Å². The molecule has 6 nitrogen and oxygen atoms in total. The molecule has 1 atom stereocenters. The van der Waals surface area contributed by atoms with Crippen molar-refractivity contribution in [2.75, 3.05) is 13.2 Å². The van der Waals surface area contributed by atoms with Crippen LogP contribution in [0.4, 0.5) is 0 Å². The molecule has 0 saturated carbocycles. The minimum absolute atomic E-state index is 0.141. The monoisotopic (exact) mass is 913 g/mol. The second-order valence-electron chi connectivity index (χ2n) is 17.0. The Labute approximate surface area is 405 Å². The number of allylic oxidation sites excluding steroid dienone is 20. The summed E-state index contributed by atoms with van der Waals surface area (Å²) in [5.41, 5.74) is 0. The fourth-order valence-electron chi connectivity index (χ4n) is 6.83. The zero-order valence-electron chi connectivity index (χ0n) is 42.4. The van der Waals surface area contributed by atoms with E-state index in [1.807, 2.05) is 24.3 Å². The van der Waals surface area contributed by atoms with Gasteiger partial charge in [0.1, 0.15) is 13.2 Å². The Morgan fingerprint density at radius 1 is 0.318 bits per heavy atom. The van der Waals surface area contributed by atoms with Gasteiger partial charge in [-0.1, -0.05) is 239 Å². The smallest absolute Gasteiger partial charge is 0.306 e. The third kappa shape index (κ3) is 50.8. The summed E-state index contributed by atoms with van der Waals surface area (Å²) in [5.74, 6) is -1.10. The van der Waals surface area contributed by atoms with E-state index in [0.717, 1.165) is 83.5 Å². The highest BCUT2D eigenvalue weighted by Gasteiger charge is 2.19. The lowest BCUT2D eigenvalue weighted by atomic mass is 10.0. The Kier molecular flexibility index (Phi) is 50.0. The molecular weight excluding hydrogens is 817 g/mol. The summed E-state index contributed by atoms with van der Waals surface area (Å²) in [6.07, 6.45) is 73.5. The predicted molar refractivity (Wildman–Crippen MR) is 283 cm³/mol. The van der Waals surface area contributed by atoms with Gasteiger partial charge in [0, 0.05) is 19.3 Å². The van der Waals surface area contributed by atoms with Crippen LogP contribution in [0.2, 0.25) is 0 Å². The summed E-state index contributed by atoms with van der Waals surface area (Å²) in [7, 11) is 0. The fourth-order valence-corrected chi connectivity index (χ4v) is 6.83. The van der Waals surface area contributed by atoms with Crippen LogP contribution in [0.5, 0.6) is 0 Å². The number of carbonyl (C=O) groups is 3. The number of unbranched alkanes of at least 4 members (excludes halogenated alkanes) is 15. The van der Waals surface area contributed by atoms with E-state index in [-0.39, 0.29) is 44.0 Å². The van der Waals surface area contributed by atoms with Gasteiger partial charge < -0.3 is 14.2 Å². The molecule has 0 radical (unpaired) electrons. The molecule has 0 rings (SSSR count). The third-order valence-electron chi connectivity index (χ3n) is 10.7. The predicted octanol–water partition coefficient (Wildman–Crippen LogP) is 17.7. The first-order chi connectivity index (χ1) is 32.5. The van der Waals surface area contributed by atoms with E-state index in [4.69, 9.17) is 14.2 Å². The van der Waals surface area contributed by atoms with Gasteiger partial charge in [-0.25, -0.2) is 0 Å². The molecular formula is C60H96O6. The van der Waals surface area contributed by atoms with Crippen molar-refractivity contribution >= 4 is 17.9 Å². The summed E-state index contributed by atoms with van der Waals surface area (Å²) >= 11 is 0. The van der Waals surface area contributed by atoms with E-state index < -0.39 is 6.10 Å². The van der Waals surface area contributed by atoms with Gasteiger partial charge >= 0.3 is 17.9 Å². The van der Waals surface area contributed by atoms with E-state index in [1.54, 1.807) is 0 Å². The fraction of sp³-hybridized carbons (Fsp3) is 0.617. The molecule has 66 heavy (non-hydrogen) atoms. The third-order valence-corrected chi connectivity index (χ3v) is 10.7. The molecule has 0 aliphatic rings. The maximum Gasteiger partial charge on any atom is 0.306 e. The van der Waals surface area contributed by atoms with Gasteiger partial charge in [-0.3, -0.25) is 14.4 Å². The molecule has 372 valence electrons. The molecule has 0 aliphatic heterocycles. The van der Waals surface area contributed by atoms with Crippen molar-refractivity contribution in [3.8, 4) is 0 Å². The van der Waals surface area contributed by atoms with Crippen molar-refractivity contribution in [1.29, 1.82) is 0 Å². The molecule has 0 aromatic heterocycles. The Morgan fingerprint density at radius 3 is 0.894 bits per heavy atom. The van der Waals surface area contributed by atoms with Crippen molar-refractivity contribution in [3.05, 3.63) is 122 Å². The van der Waals surface area contributed by atoms with Crippen LogP contribution in [0.25, 0.3) is 0 Å². The average molecular weight is 913 g/mol. The molecule has 0 fully saturated rings. The second-order valence-corrected chi connectivity index (χ2v) is 17.0. The van der Waals surface area contributed by atoms with Gasteiger partial charge in [0.2, 0.25) is 0 Å². The molecule has 0 saturated heterocycles. The first-order valence-electron chi connectivity index (χ1n) is 26.5. The zero-order chi connectivity index (χ0) is 47.9. The number of hydrogen-bond acceptors (Lipinski definition) is 6. The first kappa shape index (κ1) is 61.8. The van der Waals surface area contributed by atoms with Crippen LogP contribution in [0.1, 0.15) is 220 Å². The van der Waals surface area contributed by atoms with Crippen molar-refractivity contribution in [2.24, 2.45) is 0 Å². The van der Waals surface area contributed by atoms with Crippen molar-refractivity contribution in [2.45, 2.75) is 226 Å². The van der Waals surface area contributed by atoms with Crippen LogP contribution < -0.4 is 0 Å². The summed E-state index contributed by atoms with van der Waals surface area (Å²) in [5, 5.41) is 0. The molecule has 0 aliphatic carbocycles. The highest BCUT2D eigenvalue weighted by molar-refractivity contribution is 5.71. The van der Waals surface area contributed by atoms with Crippen LogP contribution in [0.15, 0.2) is 122 Å². The normalized spacial score (nSPS) is 13.1. The Balaban J connectivity index is 4.57.